The molecule has 8 heteroatoms. The van der Waals surface area contributed by atoms with Gasteiger partial charge in [-0.05, 0) is 28.7 Å². The molecule has 1 aliphatic carbocycles. The summed E-state index contributed by atoms with van der Waals surface area (Å²) in [5.41, 5.74) is 6.66. The Morgan fingerprint density at radius 2 is 1.63 bits per heavy atom. The van der Waals surface area contributed by atoms with Crippen LogP contribution in [0.3, 0.4) is 0 Å². The number of ether oxygens (including phenoxy) is 1. The summed E-state index contributed by atoms with van der Waals surface area (Å²) in [5.74, 6) is -2.11. The van der Waals surface area contributed by atoms with E-state index in [1.165, 1.54) is 0 Å². The number of hydroxylamine groups is 1. The van der Waals surface area contributed by atoms with Gasteiger partial charge in [0.1, 0.15) is 6.61 Å². The fourth-order valence-corrected chi connectivity index (χ4v) is 3.44. The Labute approximate surface area is 174 Å². The van der Waals surface area contributed by atoms with Crippen LogP contribution in [0.25, 0.3) is 11.1 Å². The van der Waals surface area contributed by atoms with Gasteiger partial charge in [-0.2, -0.15) is 0 Å². The molecule has 158 valence electrons. The molecule has 0 saturated carbocycles. The molecular formula is C22H24N2O6. The van der Waals surface area contributed by atoms with Crippen molar-refractivity contribution >= 4 is 18.0 Å². The van der Waals surface area contributed by atoms with Crippen LogP contribution in [0.4, 0.5) is 4.79 Å². The van der Waals surface area contributed by atoms with Crippen LogP contribution in [0.2, 0.25) is 0 Å². The van der Waals surface area contributed by atoms with Crippen molar-refractivity contribution in [3.05, 3.63) is 59.7 Å². The first-order valence-corrected chi connectivity index (χ1v) is 9.69. The molecule has 3 N–H and O–H groups in total. The van der Waals surface area contributed by atoms with E-state index in [2.05, 4.69) is 27.8 Å². The van der Waals surface area contributed by atoms with Crippen LogP contribution in [0.1, 0.15) is 30.4 Å². The molecule has 2 aromatic rings. The van der Waals surface area contributed by atoms with Gasteiger partial charge in [0.05, 0.1) is 0 Å². The number of nitrogens with one attached hydrogen (secondary N) is 2. The molecule has 0 spiro atoms. The summed E-state index contributed by atoms with van der Waals surface area (Å²) in [5, 5.41) is 11.1. The van der Waals surface area contributed by atoms with Crippen LogP contribution in [0.15, 0.2) is 48.5 Å². The second-order valence-corrected chi connectivity index (χ2v) is 7.09. The van der Waals surface area contributed by atoms with Crippen LogP contribution < -0.4 is 10.8 Å². The molecule has 0 fully saturated rings. The van der Waals surface area contributed by atoms with Gasteiger partial charge in [0.2, 0.25) is 5.91 Å². The smallest absolute Gasteiger partial charge is 0.407 e. The highest BCUT2D eigenvalue weighted by Crippen LogP contribution is 2.44. The summed E-state index contributed by atoms with van der Waals surface area (Å²) in [6.07, 6.45) is -0.196. The minimum Gasteiger partial charge on any atom is -0.479 e. The zero-order valence-corrected chi connectivity index (χ0v) is 16.6. The minimum absolute atomic E-state index is 0.0146. The Morgan fingerprint density at radius 1 is 1.03 bits per heavy atom. The van der Waals surface area contributed by atoms with E-state index in [4.69, 9.17) is 9.84 Å². The number of carboxylic acid groups (broad SMARTS) is 1. The molecule has 1 aliphatic rings. The van der Waals surface area contributed by atoms with Crippen LogP contribution in [0, 0.1) is 5.92 Å². The van der Waals surface area contributed by atoms with Gasteiger partial charge in [-0.1, -0.05) is 55.5 Å². The van der Waals surface area contributed by atoms with Crippen LogP contribution in [-0.2, 0) is 19.2 Å². The molecule has 3 rings (SSSR count). The van der Waals surface area contributed by atoms with Gasteiger partial charge in [-0.15, -0.1) is 0 Å². The molecule has 0 saturated heterocycles. The second kappa shape index (κ2) is 9.89. The summed E-state index contributed by atoms with van der Waals surface area (Å²) < 4.78 is 5.43. The molecule has 0 bridgehead atoms. The Kier molecular flexibility index (Phi) is 7.03. The van der Waals surface area contributed by atoms with Crippen LogP contribution in [0.5, 0.6) is 0 Å². The molecular weight excluding hydrogens is 388 g/mol. The number of carbonyl (C=O) groups is 3. The van der Waals surface area contributed by atoms with Crippen LogP contribution >= 0.6 is 0 Å². The van der Waals surface area contributed by atoms with E-state index >= 15 is 0 Å². The third-order valence-corrected chi connectivity index (χ3v) is 5.01. The zero-order chi connectivity index (χ0) is 21.5. The summed E-state index contributed by atoms with van der Waals surface area (Å²) in [7, 11) is 0. The average Bonchev–Trinajstić information content (AvgIpc) is 3.05. The highest BCUT2D eigenvalue weighted by atomic mass is 16.7. The van der Waals surface area contributed by atoms with E-state index in [9.17, 15) is 14.4 Å². The van der Waals surface area contributed by atoms with Crippen molar-refractivity contribution in [3.63, 3.8) is 0 Å². The van der Waals surface area contributed by atoms with E-state index in [1.807, 2.05) is 36.4 Å². The normalized spacial score (nSPS) is 13.1. The Balaban J connectivity index is 1.44. The highest BCUT2D eigenvalue weighted by molar-refractivity contribution is 5.79. The van der Waals surface area contributed by atoms with Crippen molar-refractivity contribution in [2.75, 3.05) is 19.8 Å². The van der Waals surface area contributed by atoms with Gasteiger partial charge >= 0.3 is 12.1 Å². The van der Waals surface area contributed by atoms with E-state index < -0.39 is 30.5 Å². The minimum atomic E-state index is -1.18. The molecule has 2 aromatic carbocycles. The fraction of sp³-hybridized carbons (Fsp3) is 0.318. The standard InChI is InChI=1S/C22H24N2O6/c1-14(21(27)24-30-13-20(25)26)10-11-23-22(28)29-12-19-17-8-4-2-6-15(17)16-7-3-5-9-18(16)19/h2-9,14,19H,10-13H2,1H3,(H,23,28)(H,24,27)(H,25,26). The lowest BCUT2D eigenvalue weighted by molar-refractivity contribution is -0.150. The van der Waals surface area contributed by atoms with Crippen molar-refractivity contribution in [3.8, 4) is 11.1 Å². The molecule has 30 heavy (non-hydrogen) atoms. The molecule has 8 nitrogen and oxygen atoms in total. The maximum Gasteiger partial charge on any atom is 0.407 e. The summed E-state index contributed by atoms with van der Waals surface area (Å²) in [4.78, 5) is 38.8. The second-order valence-electron chi connectivity index (χ2n) is 7.09. The topological polar surface area (TPSA) is 114 Å². The molecule has 1 atom stereocenters. The number of carboxylic acids is 1. The number of carbonyl (C=O) groups excluding carboxylic acids is 2. The van der Waals surface area contributed by atoms with Gasteiger partial charge in [-0.3, -0.25) is 9.63 Å². The van der Waals surface area contributed by atoms with Gasteiger partial charge in [0, 0.05) is 18.4 Å². The first kappa shape index (κ1) is 21.3. The summed E-state index contributed by atoms with van der Waals surface area (Å²) >= 11 is 0. The van der Waals surface area contributed by atoms with Crippen molar-refractivity contribution in [2.45, 2.75) is 19.3 Å². The SMILES string of the molecule is CC(CCNC(=O)OCC1c2ccccc2-c2ccccc21)C(=O)NOCC(=O)O. The lowest BCUT2D eigenvalue weighted by Crippen LogP contribution is -2.34. The number of fused-ring (bicyclic) bond motifs is 3. The third kappa shape index (κ3) is 5.15. The molecule has 0 radical (unpaired) electrons. The number of amides is 2. The summed E-state index contributed by atoms with van der Waals surface area (Å²) in [6.45, 7) is 1.50. The van der Waals surface area contributed by atoms with Crippen molar-refractivity contribution in [2.24, 2.45) is 5.92 Å². The quantitative estimate of drug-likeness (QED) is 0.546. The number of alkyl carbamates (subject to hydrolysis) is 1. The summed E-state index contributed by atoms with van der Waals surface area (Å²) in [6, 6.07) is 16.2. The highest BCUT2D eigenvalue weighted by Gasteiger charge is 2.29. The first-order chi connectivity index (χ1) is 14.5. The lowest BCUT2D eigenvalue weighted by atomic mass is 9.98. The van der Waals surface area contributed by atoms with Gasteiger partial charge in [0.25, 0.3) is 0 Å². The van der Waals surface area contributed by atoms with Gasteiger partial charge in [-0.25, -0.2) is 15.1 Å². The third-order valence-electron chi connectivity index (χ3n) is 5.01. The number of hydrogen-bond donors (Lipinski definition) is 3. The average molecular weight is 412 g/mol. The Morgan fingerprint density at radius 3 is 2.23 bits per heavy atom. The van der Waals surface area contributed by atoms with Crippen molar-refractivity contribution in [1.82, 2.24) is 10.8 Å². The lowest BCUT2D eigenvalue weighted by Gasteiger charge is -2.15. The van der Waals surface area contributed by atoms with Crippen molar-refractivity contribution < 1.29 is 29.1 Å². The van der Waals surface area contributed by atoms with Crippen LogP contribution in [-0.4, -0.2) is 42.8 Å². The number of rotatable bonds is 9. The van der Waals surface area contributed by atoms with E-state index in [0.29, 0.717) is 6.42 Å². The molecule has 0 aliphatic heterocycles. The molecule has 0 aromatic heterocycles. The van der Waals surface area contributed by atoms with Gasteiger partial charge in [0.15, 0.2) is 6.61 Å². The van der Waals surface area contributed by atoms with E-state index in [1.54, 1.807) is 6.92 Å². The van der Waals surface area contributed by atoms with E-state index in [0.717, 1.165) is 22.3 Å². The predicted molar refractivity (Wildman–Crippen MR) is 109 cm³/mol. The number of benzene rings is 2. The first-order valence-electron chi connectivity index (χ1n) is 9.69. The van der Waals surface area contributed by atoms with Crippen molar-refractivity contribution in [1.29, 1.82) is 0 Å². The number of aliphatic carboxylic acids is 1. The zero-order valence-electron chi connectivity index (χ0n) is 16.6. The molecule has 0 heterocycles. The van der Waals surface area contributed by atoms with Gasteiger partial charge < -0.3 is 15.2 Å². The molecule has 2 amide bonds. The monoisotopic (exact) mass is 412 g/mol. The fourth-order valence-electron chi connectivity index (χ4n) is 3.44. The van der Waals surface area contributed by atoms with E-state index in [-0.39, 0.29) is 19.1 Å². The molecule has 1 unspecified atom stereocenters. The largest absolute Gasteiger partial charge is 0.479 e. The maximum absolute atomic E-state index is 12.1. The predicted octanol–water partition coefficient (Wildman–Crippen LogP) is 2.68. The maximum atomic E-state index is 12.1. The number of hydrogen-bond acceptors (Lipinski definition) is 5. The Bertz CT molecular complexity index is 884. The Hall–Kier alpha value is -3.39.